The van der Waals surface area contributed by atoms with Crippen LogP contribution in [0.5, 0.6) is 0 Å². The van der Waals surface area contributed by atoms with Gasteiger partial charge in [0.15, 0.2) is 0 Å². The van der Waals surface area contributed by atoms with Gasteiger partial charge in [-0.2, -0.15) is 0 Å². The molecule has 0 radical (unpaired) electrons. The molecular weight excluding hydrogens is 967 g/mol. The Hall–Kier alpha value is -7.22. The highest BCUT2D eigenvalue weighted by Crippen LogP contribution is 2.37. The molecule has 18 heteroatoms. The summed E-state index contributed by atoms with van der Waals surface area (Å²) in [5, 5.41) is 11.1. The second-order valence-corrected chi connectivity index (χ2v) is 20.0. The molecule has 10 aromatic heterocycles. The zero-order valence-electron chi connectivity index (χ0n) is 40.6. The van der Waals surface area contributed by atoms with E-state index >= 15 is 0 Å². The molecule has 0 bridgehead atoms. The highest BCUT2D eigenvalue weighted by atomic mass is 79.9. The lowest BCUT2D eigenvalue weighted by atomic mass is 9.80. The molecule has 0 aromatic carbocycles. The minimum absolute atomic E-state index is 0.311. The molecule has 0 amide bonds. The van der Waals surface area contributed by atoms with Crippen molar-refractivity contribution < 1.29 is 9.31 Å². The van der Waals surface area contributed by atoms with Crippen LogP contribution in [0.15, 0.2) is 139 Å². The Morgan fingerprint density at radius 3 is 1.51 bits per heavy atom. The van der Waals surface area contributed by atoms with E-state index in [9.17, 15) is 0 Å². The zero-order chi connectivity index (χ0) is 49.2. The van der Waals surface area contributed by atoms with E-state index in [-0.39, 0.29) is 18.3 Å². The van der Waals surface area contributed by atoms with Gasteiger partial charge in [-0.1, -0.05) is 6.07 Å². The average molecular weight is 1020 g/mol. The molecule has 3 saturated heterocycles. The van der Waals surface area contributed by atoms with E-state index in [1.165, 1.54) is 0 Å². The van der Waals surface area contributed by atoms with Gasteiger partial charge in [0.1, 0.15) is 22.9 Å². The minimum Gasteiger partial charge on any atom is -0.399 e. The van der Waals surface area contributed by atoms with Crippen LogP contribution in [0.1, 0.15) is 27.7 Å². The molecule has 13 rings (SSSR count). The number of rotatable bonds is 6. The number of pyridine rings is 8. The molecule has 13 heterocycles. The summed E-state index contributed by atoms with van der Waals surface area (Å²) in [6, 6.07) is 24.6. The van der Waals surface area contributed by atoms with Crippen molar-refractivity contribution in [3.05, 3.63) is 139 Å². The maximum Gasteiger partial charge on any atom is 0.496 e. The Morgan fingerprint density at radius 1 is 0.500 bits per heavy atom. The van der Waals surface area contributed by atoms with Gasteiger partial charge in [-0.15, -0.1) is 0 Å². The van der Waals surface area contributed by atoms with Crippen LogP contribution in [0, 0.1) is 0 Å². The maximum absolute atomic E-state index is 6.05. The minimum atomic E-state index is -0.334. The van der Waals surface area contributed by atoms with Gasteiger partial charge in [-0.25, -0.2) is 19.9 Å². The summed E-state index contributed by atoms with van der Waals surface area (Å²) in [5.41, 5.74) is 9.95. The Balaban J connectivity index is 0.000000121. The molecule has 3 aliphatic heterocycles. The van der Waals surface area contributed by atoms with E-state index in [0.717, 1.165) is 151 Å². The summed E-state index contributed by atoms with van der Waals surface area (Å²) in [4.78, 5) is 47.0. The van der Waals surface area contributed by atoms with Crippen molar-refractivity contribution in [2.45, 2.75) is 38.9 Å². The van der Waals surface area contributed by atoms with Crippen LogP contribution >= 0.6 is 15.9 Å². The Bertz CT molecular complexity index is 3460. The monoisotopic (exact) mass is 1020 g/mol. The van der Waals surface area contributed by atoms with Gasteiger partial charge in [-0.3, -0.25) is 19.9 Å². The van der Waals surface area contributed by atoms with Gasteiger partial charge >= 0.3 is 7.12 Å². The Labute approximate surface area is 425 Å². The molecule has 72 heavy (non-hydrogen) atoms. The first-order valence-corrected chi connectivity index (χ1v) is 25.1. The van der Waals surface area contributed by atoms with E-state index in [2.05, 4.69) is 157 Å². The lowest BCUT2D eigenvalue weighted by Crippen LogP contribution is -2.44. The zero-order valence-corrected chi connectivity index (χ0v) is 42.2. The van der Waals surface area contributed by atoms with Crippen molar-refractivity contribution in [3.8, 4) is 33.6 Å². The first kappa shape index (κ1) is 47.1. The van der Waals surface area contributed by atoms with Crippen LogP contribution in [-0.4, -0.2) is 121 Å². The van der Waals surface area contributed by atoms with Crippen molar-refractivity contribution in [2.24, 2.45) is 0 Å². The third-order valence-electron chi connectivity index (χ3n) is 13.8. The molecule has 16 nitrogen and oxygen atoms in total. The van der Waals surface area contributed by atoms with E-state index in [1.807, 2.05) is 67.6 Å². The number of hydrogen-bond donors (Lipinski definition) is 4. The number of halogens is 1. The molecule has 362 valence electrons. The van der Waals surface area contributed by atoms with E-state index in [4.69, 9.17) is 14.3 Å². The summed E-state index contributed by atoms with van der Waals surface area (Å²) in [5.74, 6) is 2.05. The van der Waals surface area contributed by atoms with Crippen LogP contribution in [-0.2, 0) is 9.31 Å². The van der Waals surface area contributed by atoms with Gasteiger partial charge in [0.25, 0.3) is 0 Å². The largest absolute Gasteiger partial charge is 0.496 e. The van der Waals surface area contributed by atoms with Gasteiger partial charge in [0.2, 0.25) is 0 Å². The fraction of sp³-hybridized carbons (Fsp3) is 0.259. The molecular formula is C54H54BBrN14O2. The number of hydrogen-bond acceptors (Lipinski definition) is 14. The maximum atomic E-state index is 6.05. The van der Waals surface area contributed by atoms with Crippen molar-refractivity contribution >= 4 is 84.0 Å². The summed E-state index contributed by atoms with van der Waals surface area (Å²) in [6.45, 7) is 16.3. The van der Waals surface area contributed by atoms with Crippen molar-refractivity contribution in [1.29, 1.82) is 0 Å². The first-order chi connectivity index (χ1) is 35.0. The molecule has 3 fully saturated rings. The Kier molecular flexibility index (Phi) is 13.2. The second-order valence-electron chi connectivity index (χ2n) is 19.1. The number of aromatic amines is 2. The summed E-state index contributed by atoms with van der Waals surface area (Å²) >= 11 is 3.46. The average Bonchev–Trinajstić information content (AvgIpc) is 4.06. The molecule has 0 atom stereocenters. The first-order valence-electron chi connectivity index (χ1n) is 24.3. The molecule has 0 saturated carbocycles. The van der Waals surface area contributed by atoms with Crippen LogP contribution in [0.3, 0.4) is 0 Å². The lowest BCUT2D eigenvalue weighted by Gasteiger charge is -2.32. The fourth-order valence-electron chi connectivity index (χ4n) is 9.06. The number of aromatic nitrogens is 10. The number of nitrogens with one attached hydrogen (secondary N) is 4. The van der Waals surface area contributed by atoms with Crippen LogP contribution in [0.4, 0.5) is 11.6 Å². The van der Waals surface area contributed by atoms with Crippen molar-refractivity contribution in [3.63, 3.8) is 0 Å². The van der Waals surface area contributed by atoms with Gasteiger partial charge in [-0.05, 0) is 110 Å². The van der Waals surface area contributed by atoms with E-state index in [1.54, 1.807) is 18.6 Å². The molecule has 0 spiro atoms. The number of fused-ring (bicyclic) bond motifs is 6. The topological polar surface area (TPSA) is 184 Å². The van der Waals surface area contributed by atoms with Crippen LogP contribution in [0.2, 0.25) is 0 Å². The van der Waals surface area contributed by atoms with Gasteiger partial charge < -0.3 is 39.7 Å². The quantitative estimate of drug-likeness (QED) is 0.117. The Morgan fingerprint density at radius 2 is 1.01 bits per heavy atom. The molecule has 3 aliphatic rings. The number of nitrogens with zero attached hydrogens (tertiary/aromatic N) is 10. The summed E-state index contributed by atoms with van der Waals surface area (Å²) < 4.78 is 13.1. The molecule has 10 aromatic rings. The van der Waals surface area contributed by atoms with Crippen LogP contribution < -0.4 is 25.9 Å². The number of piperazine rings is 2. The highest BCUT2D eigenvalue weighted by molar-refractivity contribution is 9.10. The lowest BCUT2D eigenvalue weighted by molar-refractivity contribution is 0.00578. The standard InChI is InChI=1S/C24H21N7.C15H24BN3O2.C15H9BrN4/c1-2-17(12-26-5-1)21-11-19-20-10-18(14-29-24(20)30-22(19)15-27-21)16-3-4-23(28-13-16)31-8-6-25-7-9-31;1-14(2)15(3,4)21-16(20-14)12-5-6-13(18-11-12)19-9-7-17-8-10-19;16-10-4-12-11-5-13(9-2-1-3-17-6-9)18-8-14(11)20-15(12)19-7-10/h1-5,10-15,25H,6-9H2,(H,29,30);5-6,11,17H,7-10H2,1-4H3;1-8H,(H,19,20). The van der Waals surface area contributed by atoms with E-state index in [0.29, 0.717) is 0 Å². The third-order valence-corrected chi connectivity index (χ3v) is 14.2. The summed E-state index contributed by atoms with van der Waals surface area (Å²) in [7, 11) is -0.334. The summed E-state index contributed by atoms with van der Waals surface area (Å²) in [6.07, 6.45) is 18.4. The SMILES string of the molecule is Brc1cnc2[nH]c3cnc(-c4cccnc4)cc3c2c1.CC1(C)OB(c2ccc(N3CCNCC3)nc2)OC1(C)C.c1cncc(-c2cc3c(cn2)[nH]c2ncc(-c4ccc(N5CCNCC5)nc4)cc23)c1. The normalized spacial score (nSPS) is 16.4. The predicted octanol–water partition coefficient (Wildman–Crippen LogP) is 8.37. The smallest absolute Gasteiger partial charge is 0.399 e. The second kappa shape index (κ2) is 20.1. The van der Waals surface area contributed by atoms with Crippen molar-refractivity contribution in [2.75, 3.05) is 62.2 Å². The molecule has 0 unspecified atom stereocenters. The van der Waals surface area contributed by atoms with Crippen molar-refractivity contribution in [1.82, 2.24) is 60.5 Å². The van der Waals surface area contributed by atoms with Crippen LogP contribution in [0.25, 0.3) is 77.5 Å². The fourth-order valence-corrected chi connectivity index (χ4v) is 9.39. The number of anilines is 2. The third kappa shape index (κ3) is 9.88. The highest BCUT2D eigenvalue weighted by Gasteiger charge is 2.51. The predicted molar refractivity (Wildman–Crippen MR) is 290 cm³/mol. The number of H-pyrrole nitrogens is 2. The molecule has 0 aliphatic carbocycles. The molecule has 4 N–H and O–H groups in total. The van der Waals surface area contributed by atoms with Gasteiger partial charge in [0.05, 0.1) is 46.0 Å². The van der Waals surface area contributed by atoms with E-state index < -0.39 is 0 Å². The van der Waals surface area contributed by atoms with Gasteiger partial charge in [0, 0.05) is 156 Å².